The molecular formula is C48H96CdO4. The van der Waals surface area contributed by atoms with Gasteiger partial charge < -0.3 is 10.2 Å². The second kappa shape index (κ2) is 54.0. The summed E-state index contributed by atoms with van der Waals surface area (Å²) < 4.78 is 0. The van der Waals surface area contributed by atoms with Gasteiger partial charge in [0.15, 0.2) is 0 Å². The van der Waals surface area contributed by atoms with Gasteiger partial charge in [-0.15, -0.1) is 0 Å². The van der Waals surface area contributed by atoms with Crippen molar-refractivity contribution in [3.63, 3.8) is 0 Å². The predicted octanol–water partition coefficient (Wildman–Crippen LogP) is 17.3. The van der Waals surface area contributed by atoms with Crippen LogP contribution in [-0.4, -0.2) is 22.2 Å². The van der Waals surface area contributed by atoms with Crippen molar-refractivity contribution in [2.45, 2.75) is 296 Å². The molecule has 0 fully saturated rings. The number of carboxylic acids is 2. The maximum atomic E-state index is 10.4. The normalized spacial score (nSPS) is 10.9. The molecular weight excluding hydrogens is 753 g/mol. The zero-order valence-corrected chi connectivity index (χ0v) is 40.6. The van der Waals surface area contributed by atoms with Crippen molar-refractivity contribution < 1.29 is 47.1 Å². The summed E-state index contributed by atoms with van der Waals surface area (Å²) in [5.41, 5.74) is 0. The van der Waals surface area contributed by atoms with Crippen LogP contribution >= 0.6 is 0 Å². The summed E-state index contributed by atoms with van der Waals surface area (Å²) in [5, 5.41) is 17.1. The standard InChI is InChI=1S/2C24H48O2.Cd/c2*1-2-3-4-5-6-7-8-9-10-11-12-13-14-15-16-17-18-19-20-21-22-23-24(25)26;/h2*2-23H2,1H3,(H,25,26);. The molecule has 5 heteroatoms. The fraction of sp³-hybridized carbons (Fsp3) is 0.958. The Morgan fingerprint density at radius 3 is 0.472 bits per heavy atom. The largest absolute Gasteiger partial charge is 0.481 e. The van der Waals surface area contributed by atoms with Crippen molar-refractivity contribution >= 4 is 11.9 Å². The summed E-state index contributed by atoms with van der Waals surface area (Å²) in [5.74, 6) is -1.30. The molecule has 0 aliphatic carbocycles. The van der Waals surface area contributed by atoms with E-state index >= 15 is 0 Å². The van der Waals surface area contributed by atoms with Crippen molar-refractivity contribution in [3.05, 3.63) is 0 Å². The monoisotopic (exact) mass is 851 g/mol. The second-order valence-corrected chi connectivity index (χ2v) is 16.4. The Hall–Kier alpha value is -0.138. The molecule has 0 aromatic rings. The average molecular weight is 850 g/mol. The molecule has 0 spiro atoms. The first-order valence-corrected chi connectivity index (χ1v) is 24.0. The molecule has 0 amide bonds. The van der Waals surface area contributed by atoms with Crippen LogP contribution in [0.25, 0.3) is 0 Å². The number of hydrogen-bond acceptors (Lipinski definition) is 2. The Balaban J connectivity index is -0.000000926. The third kappa shape index (κ3) is 61.3. The minimum Gasteiger partial charge on any atom is -0.481 e. The van der Waals surface area contributed by atoms with Gasteiger partial charge >= 0.3 is 11.9 Å². The SMILES string of the molecule is CCCCCCCCCCCCCCCCCCCCCCCC(=O)O.CCCCCCCCCCCCCCCCCCCCCCCC(=O)O.[Cd]. The molecule has 0 aromatic heterocycles. The average Bonchev–Trinajstić information content (AvgIpc) is 3.13. The topological polar surface area (TPSA) is 74.6 Å². The summed E-state index contributed by atoms with van der Waals surface area (Å²) >= 11 is 0. The third-order valence-corrected chi connectivity index (χ3v) is 11.0. The summed E-state index contributed by atoms with van der Waals surface area (Å²) in [6.45, 7) is 4.57. The van der Waals surface area contributed by atoms with Gasteiger partial charge in [-0.3, -0.25) is 9.59 Å². The van der Waals surface area contributed by atoms with Crippen LogP contribution in [0.1, 0.15) is 296 Å². The Morgan fingerprint density at radius 1 is 0.245 bits per heavy atom. The molecule has 2 N–H and O–H groups in total. The molecule has 0 unspecified atom stereocenters. The van der Waals surface area contributed by atoms with Crippen LogP contribution < -0.4 is 0 Å². The molecule has 0 atom stereocenters. The van der Waals surface area contributed by atoms with E-state index < -0.39 is 11.9 Å². The van der Waals surface area contributed by atoms with Crippen molar-refractivity contribution in [1.29, 1.82) is 0 Å². The van der Waals surface area contributed by atoms with Gasteiger partial charge in [0.05, 0.1) is 0 Å². The zero-order chi connectivity index (χ0) is 38.3. The van der Waals surface area contributed by atoms with Gasteiger partial charge in [0.2, 0.25) is 0 Å². The van der Waals surface area contributed by atoms with Crippen LogP contribution in [0.3, 0.4) is 0 Å². The molecule has 0 heterocycles. The number of rotatable bonds is 44. The maximum Gasteiger partial charge on any atom is 0.303 e. The molecule has 314 valence electrons. The fourth-order valence-corrected chi connectivity index (χ4v) is 7.42. The molecule has 4 nitrogen and oxygen atoms in total. The predicted molar refractivity (Wildman–Crippen MR) is 230 cm³/mol. The molecule has 0 radical (unpaired) electrons. The Morgan fingerprint density at radius 2 is 0.358 bits per heavy atom. The first-order chi connectivity index (χ1) is 25.5. The zero-order valence-electron chi connectivity index (χ0n) is 36.5. The Kier molecular flexibility index (Phi) is 58.2. The number of hydrogen-bond donors (Lipinski definition) is 2. The molecule has 0 bridgehead atoms. The molecule has 0 rings (SSSR count). The molecule has 0 aliphatic rings. The second-order valence-electron chi connectivity index (χ2n) is 16.4. The maximum absolute atomic E-state index is 10.4. The van der Waals surface area contributed by atoms with Crippen molar-refractivity contribution in [1.82, 2.24) is 0 Å². The van der Waals surface area contributed by atoms with Crippen molar-refractivity contribution in [2.75, 3.05) is 0 Å². The molecule has 0 aromatic carbocycles. The quantitative estimate of drug-likeness (QED) is 0.0473. The minimum atomic E-state index is -0.650. The molecule has 0 aliphatic heterocycles. The van der Waals surface area contributed by atoms with E-state index in [1.807, 2.05) is 0 Å². The summed E-state index contributed by atoms with van der Waals surface area (Å²) in [4.78, 5) is 20.8. The van der Waals surface area contributed by atoms with E-state index in [-0.39, 0.29) is 27.3 Å². The Bertz CT molecular complexity index is 614. The van der Waals surface area contributed by atoms with Crippen LogP contribution in [0.15, 0.2) is 0 Å². The van der Waals surface area contributed by atoms with Crippen LogP contribution in [0.5, 0.6) is 0 Å². The van der Waals surface area contributed by atoms with Gasteiger partial charge in [-0.25, -0.2) is 0 Å². The van der Waals surface area contributed by atoms with E-state index in [4.69, 9.17) is 10.2 Å². The smallest absolute Gasteiger partial charge is 0.303 e. The number of unbranched alkanes of at least 4 members (excludes halogenated alkanes) is 40. The van der Waals surface area contributed by atoms with Gasteiger partial charge in [0.25, 0.3) is 0 Å². The van der Waals surface area contributed by atoms with E-state index in [9.17, 15) is 9.59 Å². The molecule has 0 saturated heterocycles. The summed E-state index contributed by atoms with van der Waals surface area (Å²) in [7, 11) is 0. The van der Waals surface area contributed by atoms with Crippen LogP contribution in [0.2, 0.25) is 0 Å². The van der Waals surface area contributed by atoms with E-state index in [2.05, 4.69) is 13.8 Å². The van der Waals surface area contributed by atoms with Gasteiger partial charge in [0.1, 0.15) is 0 Å². The Labute approximate surface area is 353 Å². The molecule has 53 heavy (non-hydrogen) atoms. The van der Waals surface area contributed by atoms with E-state index in [0.29, 0.717) is 12.8 Å². The van der Waals surface area contributed by atoms with E-state index in [0.717, 1.165) is 25.7 Å². The summed E-state index contributed by atoms with van der Waals surface area (Å²) in [6.07, 6.45) is 58.1. The van der Waals surface area contributed by atoms with Crippen LogP contribution in [0.4, 0.5) is 0 Å². The minimum absolute atomic E-state index is 0. The number of carbonyl (C=O) groups is 2. The summed E-state index contributed by atoms with van der Waals surface area (Å²) in [6, 6.07) is 0. The van der Waals surface area contributed by atoms with Gasteiger partial charge in [-0.2, -0.15) is 0 Å². The van der Waals surface area contributed by atoms with Crippen molar-refractivity contribution in [2.24, 2.45) is 0 Å². The van der Waals surface area contributed by atoms with Crippen LogP contribution in [0, 0.1) is 0 Å². The van der Waals surface area contributed by atoms with Crippen LogP contribution in [-0.2, 0) is 36.9 Å². The van der Waals surface area contributed by atoms with Crippen molar-refractivity contribution in [3.8, 4) is 0 Å². The number of aliphatic carboxylic acids is 2. The van der Waals surface area contributed by atoms with E-state index in [1.54, 1.807) is 0 Å². The van der Waals surface area contributed by atoms with Gasteiger partial charge in [0, 0.05) is 40.1 Å². The fourth-order valence-electron chi connectivity index (χ4n) is 7.42. The number of carboxylic acid groups (broad SMARTS) is 2. The molecule has 0 saturated carbocycles. The first-order valence-electron chi connectivity index (χ1n) is 24.0. The van der Waals surface area contributed by atoms with E-state index in [1.165, 1.54) is 244 Å². The van der Waals surface area contributed by atoms with Gasteiger partial charge in [-0.05, 0) is 12.8 Å². The first kappa shape index (κ1) is 57.2. The third-order valence-electron chi connectivity index (χ3n) is 11.0. The van der Waals surface area contributed by atoms with Gasteiger partial charge in [-0.1, -0.05) is 271 Å².